The van der Waals surface area contributed by atoms with Gasteiger partial charge in [-0.15, -0.1) is 0 Å². The maximum Gasteiger partial charge on any atom is 0.236 e. The second-order valence-corrected chi connectivity index (χ2v) is 3.80. The summed E-state index contributed by atoms with van der Waals surface area (Å²) in [7, 11) is 3.52. The van der Waals surface area contributed by atoms with Crippen molar-refractivity contribution in [3.63, 3.8) is 0 Å². The lowest BCUT2D eigenvalue weighted by atomic mass is 10.1. The number of likely N-dealkylation sites (N-methyl/N-ethyl adjacent to an activating group) is 1. The van der Waals surface area contributed by atoms with Gasteiger partial charge in [-0.05, 0) is 12.5 Å². The van der Waals surface area contributed by atoms with E-state index < -0.39 is 0 Å². The molecule has 1 aromatic rings. The highest BCUT2D eigenvalue weighted by atomic mass is 16.2. The topological polar surface area (TPSA) is 32.3 Å². The fraction of sp³-hybridized carbons (Fsp3) is 0.417. The fourth-order valence-electron chi connectivity index (χ4n) is 1.26. The first-order valence-electron chi connectivity index (χ1n) is 5.09. The monoisotopic (exact) mass is 206 g/mol. The molecule has 0 saturated heterocycles. The molecule has 0 aromatic heterocycles. The van der Waals surface area contributed by atoms with Crippen molar-refractivity contribution in [1.82, 2.24) is 10.2 Å². The number of nitrogens with one attached hydrogen (secondary N) is 1. The van der Waals surface area contributed by atoms with Crippen molar-refractivity contribution in [3.8, 4) is 0 Å². The molecule has 0 heterocycles. The molecule has 0 aliphatic heterocycles. The molecule has 15 heavy (non-hydrogen) atoms. The van der Waals surface area contributed by atoms with Crippen molar-refractivity contribution in [2.45, 2.75) is 13.0 Å². The Bertz CT molecular complexity index is 309. The first-order valence-corrected chi connectivity index (χ1v) is 5.09. The molecular formula is C12H18N2O. The minimum Gasteiger partial charge on any atom is -0.348 e. The number of rotatable bonds is 4. The van der Waals surface area contributed by atoms with Crippen LogP contribution >= 0.6 is 0 Å². The van der Waals surface area contributed by atoms with Crippen LogP contribution in [0.15, 0.2) is 30.3 Å². The molecule has 1 N–H and O–H groups in total. The minimum atomic E-state index is 0.0952. The van der Waals surface area contributed by atoms with E-state index in [2.05, 4.69) is 24.4 Å². The summed E-state index contributed by atoms with van der Waals surface area (Å²) < 4.78 is 0. The van der Waals surface area contributed by atoms with E-state index in [1.54, 1.807) is 19.0 Å². The molecule has 3 nitrogen and oxygen atoms in total. The number of benzene rings is 1. The molecule has 3 heteroatoms. The van der Waals surface area contributed by atoms with Gasteiger partial charge in [0.05, 0.1) is 6.54 Å². The summed E-state index contributed by atoms with van der Waals surface area (Å²) in [4.78, 5) is 12.9. The lowest BCUT2D eigenvalue weighted by molar-refractivity contribution is -0.127. The highest BCUT2D eigenvalue weighted by Gasteiger charge is 2.07. The van der Waals surface area contributed by atoms with Crippen LogP contribution in [0, 0.1) is 0 Å². The number of hydrogen-bond donors (Lipinski definition) is 1. The van der Waals surface area contributed by atoms with Crippen molar-refractivity contribution in [2.24, 2.45) is 0 Å². The Morgan fingerprint density at radius 1 is 1.33 bits per heavy atom. The zero-order valence-corrected chi connectivity index (χ0v) is 9.53. The van der Waals surface area contributed by atoms with E-state index in [0.29, 0.717) is 6.54 Å². The molecule has 0 spiro atoms. The third-order valence-corrected chi connectivity index (χ3v) is 2.36. The third kappa shape index (κ3) is 3.72. The van der Waals surface area contributed by atoms with E-state index in [4.69, 9.17) is 0 Å². The smallest absolute Gasteiger partial charge is 0.236 e. The van der Waals surface area contributed by atoms with E-state index in [0.717, 1.165) is 0 Å². The van der Waals surface area contributed by atoms with Gasteiger partial charge in [0.15, 0.2) is 0 Å². The van der Waals surface area contributed by atoms with Crippen LogP contribution in [0.25, 0.3) is 0 Å². The summed E-state index contributed by atoms with van der Waals surface area (Å²) in [6, 6.07) is 10.3. The second-order valence-electron chi connectivity index (χ2n) is 3.80. The minimum absolute atomic E-state index is 0.0952. The Morgan fingerprint density at radius 3 is 2.47 bits per heavy atom. The molecule has 82 valence electrons. The third-order valence-electron chi connectivity index (χ3n) is 2.36. The van der Waals surface area contributed by atoms with Crippen LogP contribution in [0.5, 0.6) is 0 Å². The van der Waals surface area contributed by atoms with Crippen molar-refractivity contribution in [1.29, 1.82) is 0 Å². The van der Waals surface area contributed by atoms with E-state index in [1.165, 1.54) is 5.56 Å². The van der Waals surface area contributed by atoms with Gasteiger partial charge in [0.25, 0.3) is 0 Å². The van der Waals surface area contributed by atoms with E-state index >= 15 is 0 Å². The first kappa shape index (κ1) is 11.7. The number of carbonyl (C=O) groups is 1. The normalized spacial score (nSPS) is 12.2. The van der Waals surface area contributed by atoms with E-state index in [9.17, 15) is 4.79 Å². The molecule has 0 bridgehead atoms. The van der Waals surface area contributed by atoms with Crippen LogP contribution in [-0.4, -0.2) is 31.4 Å². The SMILES string of the molecule is CC(NCC(=O)N(C)C)c1ccccc1. The van der Waals surface area contributed by atoms with Gasteiger partial charge < -0.3 is 10.2 Å². The summed E-state index contributed by atoms with van der Waals surface area (Å²) >= 11 is 0. The Hall–Kier alpha value is -1.35. The van der Waals surface area contributed by atoms with Crippen molar-refractivity contribution < 1.29 is 4.79 Å². The summed E-state index contributed by atoms with van der Waals surface area (Å²) in [6.07, 6.45) is 0. The second kappa shape index (κ2) is 5.51. The molecule has 1 aromatic carbocycles. The maximum atomic E-state index is 11.3. The van der Waals surface area contributed by atoms with Crippen molar-refractivity contribution in [2.75, 3.05) is 20.6 Å². The van der Waals surface area contributed by atoms with Gasteiger partial charge in [-0.25, -0.2) is 0 Å². The van der Waals surface area contributed by atoms with Gasteiger partial charge in [-0.3, -0.25) is 4.79 Å². The molecule has 1 amide bonds. The van der Waals surface area contributed by atoms with Crippen LogP contribution in [0.2, 0.25) is 0 Å². The van der Waals surface area contributed by atoms with Crippen LogP contribution in [0.4, 0.5) is 0 Å². The van der Waals surface area contributed by atoms with Crippen LogP contribution < -0.4 is 5.32 Å². The summed E-state index contributed by atoms with van der Waals surface area (Å²) in [5.41, 5.74) is 1.20. The molecule has 0 fully saturated rings. The first-order chi connectivity index (χ1) is 7.11. The number of nitrogens with zero attached hydrogens (tertiary/aromatic N) is 1. The Kier molecular flexibility index (Phi) is 4.31. The largest absolute Gasteiger partial charge is 0.348 e. The Morgan fingerprint density at radius 2 is 1.93 bits per heavy atom. The standard InChI is InChI=1S/C12H18N2O/c1-10(11-7-5-4-6-8-11)13-9-12(15)14(2)3/h4-8,10,13H,9H2,1-3H3. The molecule has 0 aliphatic rings. The lowest BCUT2D eigenvalue weighted by Crippen LogP contribution is -2.34. The molecule has 1 unspecified atom stereocenters. The van der Waals surface area contributed by atoms with Gasteiger partial charge in [0, 0.05) is 20.1 Å². The lowest BCUT2D eigenvalue weighted by Gasteiger charge is -2.16. The molecule has 1 rings (SSSR count). The highest BCUT2D eigenvalue weighted by molar-refractivity contribution is 5.77. The van der Waals surface area contributed by atoms with Gasteiger partial charge in [0.2, 0.25) is 5.91 Å². The zero-order valence-electron chi connectivity index (χ0n) is 9.53. The number of carbonyl (C=O) groups excluding carboxylic acids is 1. The zero-order chi connectivity index (χ0) is 11.3. The van der Waals surface area contributed by atoms with Gasteiger partial charge in [-0.2, -0.15) is 0 Å². The summed E-state index contributed by atoms with van der Waals surface area (Å²) in [5.74, 6) is 0.0952. The Balaban J connectivity index is 2.44. The Labute approximate surface area is 91.1 Å². The van der Waals surface area contributed by atoms with Gasteiger partial charge >= 0.3 is 0 Å². The average molecular weight is 206 g/mol. The highest BCUT2D eigenvalue weighted by Crippen LogP contribution is 2.10. The predicted molar refractivity (Wildman–Crippen MR) is 61.6 cm³/mol. The summed E-state index contributed by atoms with van der Waals surface area (Å²) in [6.45, 7) is 2.43. The van der Waals surface area contributed by atoms with Crippen LogP contribution in [0.1, 0.15) is 18.5 Å². The van der Waals surface area contributed by atoms with Crippen molar-refractivity contribution >= 4 is 5.91 Å². The fourth-order valence-corrected chi connectivity index (χ4v) is 1.26. The number of hydrogen-bond acceptors (Lipinski definition) is 2. The summed E-state index contributed by atoms with van der Waals surface area (Å²) in [5, 5.41) is 3.19. The predicted octanol–water partition coefficient (Wildman–Crippen LogP) is 1.43. The molecule has 0 aliphatic carbocycles. The quantitative estimate of drug-likeness (QED) is 0.808. The van der Waals surface area contributed by atoms with Gasteiger partial charge in [0.1, 0.15) is 0 Å². The average Bonchev–Trinajstić information content (AvgIpc) is 2.26. The molecular weight excluding hydrogens is 188 g/mol. The van der Waals surface area contributed by atoms with E-state index in [-0.39, 0.29) is 11.9 Å². The molecule has 0 radical (unpaired) electrons. The molecule has 0 saturated carbocycles. The maximum absolute atomic E-state index is 11.3. The van der Waals surface area contributed by atoms with Crippen LogP contribution in [0.3, 0.4) is 0 Å². The van der Waals surface area contributed by atoms with Crippen molar-refractivity contribution in [3.05, 3.63) is 35.9 Å². The van der Waals surface area contributed by atoms with Crippen LogP contribution in [-0.2, 0) is 4.79 Å². The van der Waals surface area contributed by atoms with Gasteiger partial charge in [-0.1, -0.05) is 30.3 Å². The van der Waals surface area contributed by atoms with E-state index in [1.807, 2.05) is 18.2 Å². The molecule has 1 atom stereocenters. The number of amides is 1.